The molecule has 0 saturated carbocycles. The van der Waals surface area contributed by atoms with Gasteiger partial charge in [0, 0.05) is 39.6 Å². The fourth-order valence-corrected chi connectivity index (χ4v) is 9.45. The summed E-state index contributed by atoms with van der Waals surface area (Å²) in [5.74, 6) is 2.60. The molecule has 7 heteroatoms. The maximum absolute atomic E-state index is 5.34. The van der Waals surface area contributed by atoms with E-state index in [1.165, 1.54) is 0 Å². The van der Waals surface area contributed by atoms with Crippen LogP contribution < -0.4 is 5.32 Å². The van der Waals surface area contributed by atoms with Crippen LogP contribution in [0.5, 0.6) is 0 Å². The first-order valence-electron chi connectivity index (χ1n) is 20.0. The fourth-order valence-electron chi connectivity index (χ4n) is 8.14. The number of rotatable bonds is 7. The molecule has 2 aromatic heterocycles. The number of dihydropyridines is 1. The number of nitrogens with zero attached hydrogens (tertiary/aromatic N) is 5. The van der Waals surface area contributed by atoms with Crippen LogP contribution in [0.1, 0.15) is 18.2 Å². The van der Waals surface area contributed by atoms with E-state index in [0.717, 1.165) is 82.7 Å². The molecule has 0 saturated heterocycles. The number of hydrogen-bond acceptors (Lipinski definition) is 7. The van der Waals surface area contributed by atoms with Gasteiger partial charge in [-0.05, 0) is 46.0 Å². The number of hydrogen-bond donors (Lipinski definition) is 1. The molecule has 7 aromatic carbocycles. The number of allylic oxidation sites excluding steroid dienone is 2. The van der Waals surface area contributed by atoms with Gasteiger partial charge < -0.3 is 5.32 Å². The van der Waals surface area contributed by atoms with E-state index in [-0.39, 0.29) is 4.87 Å². The van der Waals surface area contributed by atoms with Crippen LogP contribution in [0.15, 0.2) is 199 Å². The Morgan fingerprint density at radius 1 is 0.400 bits per heavy atom. The molecular formula is C53H36N6S. The quantitative estimate of drug-likeness (QED) is 0.172. The minimum Gasteiger partial charge on any atom is -0.372 e. The molecule has 284 valence electrons. The van der Waals surface area contributed by atoms with Crippen LogP contribution in [0.2, 0.25) is 0 Å². The molecule has 0 fully saturated rings. The van der Waals surface area contributed by atoms with Gasteiger partial charge in [-0.25, -0.2) is 24.9 Å². The molecule has 0 aliphatic carbocycles. The predicted octanol–water partition coefficient (Wildman–Crippen LogP) is 12.7. The molecule has 1 unspecified atom stereocenters. The SMILES string of the molecule is CC12NC=C(c3ccccc3)C=C1c1nc(-c3ccc(-c4cccc5c(-c6nc(-c7ccccc7)nc(-c7ccccc7)n6)cccc45)cc3)nc(-c3ccccc3)c1S2. The molecule has 2 aliphatic heterocycles. The van der Waals surface area contributed by atoms with Gasteiger partial charge in [-0.3, -0.25) is 0 Å². The Labute approximate surface area is 352 Å². The van der Waals surface area contributed by atoms with E-state index in [1.54, 1.807) is 11.8 Å². The number of thioether (sulfide) groups is 1. The summed E-state index contributed by atoms with van der Waals surface area (Å²) in [7, 11) is 0. The fraction of sp³-hybridized carbons (Fsp3) is 0.0377. The van der Waals surface area contributed by atoms with Crippen molar-refractivity contribution in [3.05, 3.63) is 206 Å². The van der Waals surface area contributed by atoms with E-state index in [4.69, 9.17) is 24.9 Å². The molecule has 1 N–H and O–H groups in total. The molecule has 4 heterocycles. The van der Waals surface area contributed by atoms with E-state index >= 15 is 0 Å². The van der Waals surface area contributed by atoms with Crippen LogP contribution >= 0.6 is 11.8 Å². The van der Waals surface area contributed by atoms with Gasteiger partial charge in [0.2, 0.25) is 0 Å². The Morgan fingerprint density at radius 3 is 1.48 bits per heavy atom. The summed E-state index contributed by atoms with van der Waals surface area (Å²) in [5.41, 5.74) is 12.4. The maximum atomic E-state index is 5.34. The zero-order valence-corrected chi connectivity index (χ0v) is 33.4. The predicted molar refractivity (Wildman–Crippen MR) is 245 cm³/mol. The number of nitrogens with one attached hydrogen (secondary N) is 1. The summed E-state index contributed by atoms with van der Waals surface area (Å²) < 4.78 is 0. The van der Waals surface area contributed by atoms with Gasteiger partial charge in [0.1, 0.15) is 4.87 Å². The van der Waals surface area contributed by atoms with Crippen LogP contribution in [-0.2, 0) is 0 Å². The first-order chi connectivity index (χ1) is 29.6. The zero-order valence-electron chi connectivity index (χ0n) is 32.6. The molecule has 11 rings (SSSR count). The first-order valence-corrected chi connectivity index (χ1v) is 20.8. The first kappa shape index (κ1) is 35.7. The van der Waals surface area contributed by atoms with Crippen LogP contribution in [0.4, 0.5) is 0 Å². The van der Waals surface area contributed by atoms with E-state index in [9.17, 15) is 0 Å². The Hall–Kier alpha value is -7.48. The average molecular weight is 789 g/mol. The maximum Gasteiger partial charge on any atom is 0.164 e. The van der Waals surface area contributed by atoms with E-state index < -0.39 is 0 Å². The van der Waals surface area contributed by atoms with Crippen LogP contribution in [0.25, 0.3) is 89.9 Å². The zero-order chi connectivity index (χ0) is 40.0. The van der Waals surface area contributed by atoms with Crippen molar-refractivity contribution in [2.24, 2.45) is 0 Å². The van der Waals surface area contributed by atoms with Crippen molar-refractivity contribution in [1.29, 1.82) is 0 Å². The lowest BCUT2D eigenvalue weighted by Gasteiger charge is -2.29. The highest BCUT2D eigenvalue weighted by Crippen LogP contribution is 2.55. The third-order valence-corrected chi connectivity index (χ3v) is 12.6. The van der Waals surface area contributed by atoms with Gasteiger partial charge >= 0.3 is 0 Å². The van der Waals surface area contributed by atoms with Crippen LogP contribution in [0.3, 0.4) is 0 Å². The summed E-state index contributed by atoms with van der Waals surface area (Å²) in [5, 5.41) is 5.90. The molecule has 2 aliphatic rings. The van der Waals surface area contributed by atoms with Gasteiger partial charge in [-0.2, -0.15) is 0 Å². The van der Waals surface area contributed by atoms with Crippen molar-refractivity contribution in [3.63, 3.8) is 0 Å². The second-order valence-electron chi connectivity index (χ2n) is 15.1. The highest BCUT2D eigenvalue weighted by atomic mass is 32.2. The minimum atomic E-state index is -0.373. The van der Waals surface area contributed by atoms with Crippen molar-refractivity contribution in [3.8, 4) is 67.9 Å². The van der Waals surface area contributed by atoms with Crippen molar-refractivity contribution in [1.82, 2.24) is 30.2 Å². The Balaban J connectivity index is 0.996. The van der Waals surface area contributed by atoms with E-state index in [1.807, 2.05) is 72.8 Å². The standard InChI is InChI=1S/C53H36N6S/c1-53-45(32-40(33-54-53)34-16-6-2-7-17-34)47-48(60-53)46(36-18-8-3-9-19-36)55-49(56-47)39-30-28-35(29-31-39)41-24-14-26-43-42(41)25-15-27-44(43)52-58-50(37-20-10-4-11-21-37)57-51(59-52)38-22-12-5-13-23-38/h2-33,54H,1H3. The summed E-state index contributed by atoms with van der Waals surface area (Å²) >= 11 is 1.78. The highest BCUT2D eigenvalue weighted by Gasteiger charge is 2.43. The average Bonchev–Trinajstić information content (AvgIpc) is 3.63. The third kappa shape index (κ3) is 6.36. The van der Waals surface area contributed by atoms with Gasteiger partial charge in [0.15, 0.2) is 23.3 Å². The highest BCUT2D eigenvalue weighted by molar-refractivity contribution is 8.01. The summed E-state index contributed by atoms with van der Waals surface area (Å²) in [4.78, 5) is 26.4. The van der Waals surface area contributed by atoms with Crippen molar-refractivity contribution >= 4 is 33.7 Å². The third-order valence-electron chi connectivity index (χ3n) is 11.2. The Bertz CT molecular complexity index is 3080. The normalized spacial score (nSPS) is 15.4. The summed E-state index contributed by atoms with van der Waals surface area (Å²) in [6.45, 7) is 2.23. The van der Waals surface area contributed by atoms with Crippen LogP contribution in [-0.4, -0.2) is 29.8 Å². The second-order valence-corrected chi connectivity index (χ2v) is 16.5. The minimum absolute atomic E-state index is 0.373. The molecule has 0 bridgehead atoms. The van der Waals surface area contributed by atoms with Gasteiger partial charge in [-0.15, -0.1) is 0 Å². The number of aromatic nitrogens is 5. The lowest BCUT2D eigenvalue weighted by molar-refractivity contribution is 0.726. The van der Waals surface area contributed by atoms with Crippen LogP contribution in [0, 0.1) is 0 Å². The summed E-state index contributed by atoms with van der Waals surface area (Å²) in [6.07, 6.45) is 4.41. The van der Waals surface area contributed by atoms with Crippen molar-refractivity contribution in [2.45, 2.75) is 16.7 Å². The topological polar surface area (TPSA) is 76.5 Å². The lowest BCUT2D eigenvalue weighted by atomic mass is 9.94. The number of benzene rings is 7. The number of fused-ring (bicyclic) bond motifs is 4. The lowest BCUT2D eigenvalue weighted by Crippen LogP contribution is -2.36. The monoisotopic (exact) mass is 788 g/mol. The molecular weight excluding hydrogens is 753 g/mol. The van der Waals surface area contributed by atoms with Gasteiger partial charge in [0.25, 0.3) is 0 Å². The summed E-state index contributed by atoms with van der Waals surface area (Å²) in [6, 6.07) is 62.6. The molecule has 9 aromatic rings. The van der Waals surface area contributed by atoms with Crippen molar-refractivity contribution in [2.75, 3.05) is 0 Å². The Morgan fingerprint density at radius 2 is 0.867 bits per heavy atom. The molecule has 1 atom stereocenters. The molecule has 60 heavy (non-hydrogen) atoms. The van der Waals surface area contributed by atoms with E-state index in [2.05, 4.69) is 134 Å². The van der Waals surface area contributed by atoms with E-state index in [0.29, 0.717) is 23.3 Å². The van der Waals surface area contributed by atoms with Gasteiger partial charge in [0.05, 0.1) is 16.3 Å². The molecule has 0 radical (unpaired) electrons. The van der Waals surface area contributed by atoms with Crippen molar-refractivity contribution < 1.29 is 0 Å². The second kappa shape index (κ2) is 14.7. The largest absolute Gasteiger partial charge is 0.372 e. The molecule has 0 spiro atoms. The smallest absolute Gasteiger partial charge is 0.164 e. The molecule has 6 nitrogen and oxygen atoms in total. The van der Waals surface area contributed by atoms with Gasteiger partial charge in [-0.1, -0.05) is 194 Å². The Kier molecular flexibility index (Phi) is 8.75. The molecule has 0 amide bonds.